The van der Waals surface area contributed by atoms with Gasteiger partial charge < -0.3 is 15.0 Å². The molecule has 0 bridgehead atoms. The molecule has 1 N–H and O–H groups in total. The van der Waals surface area contributed by atoms with Crippen molar-refractivity contribution >= 4 is 29.4 Å². The number of carbonyl (C=O) groups excluding carboxylic acids is 1. The van der Waals surface area contributed by atoms with E-state index in [-0.39, 0.29) is 0 Å². The first-order valence-electron chi connectivity index (χ1n) is 5.13. The Labute approximate surface area is 99.1 Å². The Balaban J connectivity index is 2.16. The monoisotopic (exact) mass is 240 g/mol. The van der Waals surface area contributed by atoms with Crippen LogP contribution in [-0.2, 0) is 9.53 Å². The second-order valence-electron chi connectivity index (χ2n) is 3.53. The average Bonchev–Trinajstić information content (AvgIpc) is 2.33. The molecule has 1 saturated heterocycles. The number of amides is 1. The standard InChI is InChI=1S/C11H13ClN2O2/c12-10-7-9(1-2-11(10)13-8-15)14-3-5-16-6-4-14/h1-2,7-8H,3-6H2,(H,13,15). The van der Waals surface area contributed by atoms with E-state index in [1.165, 1.54) is 0 Å². The molecule has 1 aliphatic heterocycles. The highest BCUT2D eigenvalue weighted by Gasteiger charge is 2.12. The van der Waals surface area contributed by atoms with E-state index in [0.29, 0.717) is 17.1 Å². The maximum absolute atomic E-state index is 10.3. The van der Waals surface area contributed by atoms with Gasteiger partial charge in [-0.1, -0.05) is 11.6 Å². The highest BCUT2D eigenvalue weighted by atomic mass is 35.5. The van der Waals surface area contributed by atoms with Crippen LogP contribution >= 0.6 is 11.6 Å². The van der Waals surface area contributed by atoms with Crippen LogP contribution in [0.1, 0.15) is 0 Å². The average molecular weight is 241 g/mol. The van der Waals surface area contributed by atoms with Crippen molar-refractivity contribution in [2.45, 2.75) is 0 Å². The van der Waals surface area contributed by atoms with E-state index < -0.39 is 0 Å². The van der Waals surface area contributed by atoms with E-state index in [1.807, 2.05) is 18.2 Å². The maximum atomic E-state index is 10.3. The first-order chi connectivity index (χ1) is 7.81. The summed E-state index contributed by atoms with van der Waals surface area (Å²) < 4.78 is 5.28. The van der Waals surface area contributed by atoms with Crippen LogP contribution in [0.3, 0.4) is 0 Å². The lowest BCUT2D eigenvalue weighted by molar-refractivity contribution is -0.105. The molecular weight excluding hydrogens is 228 g/mol. The zero-order valence-corrected chi connectivity index (χ0v) is 9.54. The van der Waals surface area contributed by atoms with Crippen molar-refractivity contribution < 1.29 is 9.53 Å². The summed E-state index contributed by atoms with van der Waals surface area (Å²) in [6, 6.07) is 5.61. The van der Waals surface area contributed by atoms with Gasteiger partial charge in [-0.25, -0.2) is 0 Å². The SMILES string of the molecule is O=CNc1ccc(N2CCOCC2)cc1Cl. The molecule has 0 saturated carbocycles. The number of hydrogen-bond donors (Lipinski definition) is 1. The molecule has 86 valence electrons. The number of nitrogens with one attached hydrogen (secondary N) is 1. The van der Waals surface area contributed by atoms with E-state index in [2.05, 4.69) is 10.2 Å². The van der Waals surface area contributed by atoms with Crippen LogP contribution in [0.25, 0.3) is 0 Å². The second kappa shape index (κ2) is 5.18. The van der Waals surface area contributed by atoms with Crippen LogP contribution in [0.15, 0.2) is 18.2 Å². The predicted molar refractivity (Wildman–Crippen MR) is 64.2 cm³/mol. The zero-order chi connectivity index (χ0) is 11.4. The highest BCUT2D eigenvalue weighted by molar-refractivity contribution is 6.33. The third-order valence-corrected chi connectivity index (χ3v) is 2.86. The molecule has 1 heterocycles. The molecule has 0 radical (unpaired) electrons. The summed E-state index contributed by atoms with van der Waals surface area (Å²) in [6.07, 6.45) is 0.621. The van der Waals surface area contributed by atoms with Crippen molar-refractivity contribution in [3.05, 3.63) is 23.2 Å². The first kappa shape index (κ1) is 11.2. The molecular formula is C11H13ClN2O2. The molecule has 16 heavy (non-hydrogen) atoms. The molecule has 1 aliphatic rings. The van der Waals surface area contributed by atoms with Gasteiger partial charge in [-0.05, 0) is 18.2 Å². The van der Waals surface area contributed by atoms with E-state index in [4.69, 9.17) is 16.3 Å². The summed E-state index contributed by atoms with van der Waals surface area (Å²) in [5.41, 5.74) is 1.69. The van der Waals surface area contributed by atoms with E-state index in [9.17, 15) is 4.79 Å². The summed E-state index contributed by atoms with van der Waals surface area (Å²) in [5.74, 6) is 0. The van der Waals surface area contributed by atoms with E-state index >= 15 is 0 Å². The molecule has 2 rings (SSSR count). The fraction of sp³-hybridized carbons (Fsp3) is 0.364. The Kier molecular flexibility index (Phi) is 3.64. The van der Waals surface area contributed by atoms with Crippen LogP contribution in [0, 0.1) is 0 Å². The number of nitrogens with zero attached hydrogens (tertiary/aromatic N) is 1. The molecule has 1 aromatic rings. The van der Waals surface area contributed by atoms with E-state index in [1.54, 1.807) is 0 Å². The summed E-state index contributed by atoms with van der Waals surface area (Å²) in [5, 5.41) is 3.10. The van der Waals surface area contributed by atoms with Crippen LogP contribution in [0.5, 0.6) is 0 Å². The van der Waals surface area contributed by atoms with Crippen molar-refractivity contribution in [1.82, 2.24) is 0 Å². The Morgan fingerprint density at radius 1 is 1.38 bits per heavy atom. The number of hydrogen-bond acceptors (Lipinski definition) is 3. The van der Waals surface area contributed by atoms with Crippen molar-refractivity contribution in [3.8, 4) is 0 Å². The molecule has 0 aromatic heterocycles. The fourth-order valence-electron chi connectivity index (χ4n) is 1.70. The second-order valence-corrected chi connectivity index (χ2v) is 3.93. The molecule has 1 fully saturated rings. The smallest absolute Gasteiger partial charge is 0.211 e. The van der Waals surface area contributed by atoms with Crippen molar-refractivity contribution in [1.29, 1.82) is 0 Å². The lowest BCUT2D eigenvalue weighted by Gasteiger charge is -2.29. The fourth-order valence-corrected chi connectivity index (χ4v) is 1.93. The zero-order valence-electron chi connectivity index (χ0n) is 8.78. The lowest BCUT2D eigenvalue weighted by atomic mass is 10.2. The summed E-state index contributed by atoms with van der Waals surface area (Å²) in [4.78, 5) is 12.5. The minimum absolute atomic E-state index is 0.552. The Hall–Kier alpha value is -1.26. The van der Waals surface area contributed by atoms with Crippen molar-refractivity contribution in [2.24, 2.45) is 0 Å². The van der Waals surface area contributed by atoms with Gasteiger partial charge in [0.1, 0.15) is 0 Å². The number of halogens is 1. The van der Waals surface area contributed by atoms with Gasteiger partial charge in [0.05, 0.1) is 23.9 Å². The van der Waals surface area contributed by atoms with Gasteiger partial charge in [-0.15, -0.1) is 0 Å². The molecule has 0 atom stereocenters. The third-order valence-electron chi connectivity index (χ3n) is 2.54. The Morgan fingerprint density at radius 3 is 2.75 bits per heavy atom. The summed E-state index contributed by atoms with van der Waals surface area (Å²) >= 11 is 6.05. The summed E-state index contributed by atoms with van der Waals surface area (Å²) in [6.45, 7) is 3.23. The van der Waals surface area contributed by atoms with Gasteiger partial charge in [-0.2, -0.15) is 0 Å². The van der Waals surface area contributed by atoms with Crippen LogP contribution in [0.4, 0.5) is 11.4 Å². The van der Waals surface area contributed by atoms with Crippen molar-refractivity contribution in [2.75, 3.05) is 36.5 Å². The molecule has 1 amide bonds. The normalized spacial score (nSPS) is 15.9. The van der Waals surface area contributed by atoms with Gasteiger partial charge in [0, 0.05) is 18.8 Å². The number of ether oxygens (including phenoxy) is 1. The topological polar surface area (TPSA) is 41.6 Å². The maximum Gasteiger partial charge on any atom is 0.211 e. The molecule has 1 aromatic carbocycles. The van der Waals surface area contributed by atoms with Crippen molar-refractivity contribution in [3.63, 3.8) is 0 Å². The number of rotatable bonds is 3. The lowest BCUT2D eigenvalue weighted by Crippen LogP contribution is -2.36. The van der Waals surface area contributed by atoms with Gasteiger partial charge >= 0.3 is 0 Å². The minimum Gasteiger partial charge on any atom is -0.378 e. The number of carbonyl (C=O) groups is 1. The van der Waals surface area contributed by atoms with Crippen LogP contribution < -0.4 is 10.2 Å². The first-order valence-corrected chi connectivity index (χ1v) is 5.51. The molecule has 0 unspecified atom stereocenters. The van der Waals surface area contributed by atoms with Gasteiger partial charge in [0.15, 0.2) is 0 Å². The Morgan fingerprint density at radius 2 is 2.12 bits per heavy atom. The number of morpholine rings is 1. The molecule has 0 aliphatic carbocycles. The minimum atomic E-state index is 0.552. The number of anilines is 2. The third kappa shape index (κ3) is 2.46. The Bertz CT molecular complexity index is 378. The molecule has 5 heteroatoms. The quantitative estimate of drug-likeness (QED) is 0.819. The predicted octanol–water partition coefficient (Wildman–Crippen LogP) is 1.74. The van der Waals surface area contributed by atoms with Gasteiger partial charge in [0.25, 0.3) is 0 Å². The van der Waals surface area contributed by atoms with E-state index in [0.717, 1.165) is 32.0 Å². The van der Waals surface area contributed by atoms with Crippen LogP contribution in [0.2, 0.25) is 5.02 Å². The molecule has 4 nitrogen and oxygen atoms in total. The van der Waals surface area contributed by atoms with Gasteiger partial charge in [-0.3, -0.25) is 4.79 Å². The highest BCUT2D eigenvalue weighted by Crippen LogP contribution is 2.27. The van der Waals surface area contributed by atoms with Gasteiger partial charge in [0.2, 0.25) is 6.41 Å². The molecule has 0 spiro atoms. The summed E-state index contributed by atoms with van der Waals surface area (Å²) in [7, 11) is 0. The largest absolute Gasteiger partial charge is 0.378 e. The van der Waals surface area contributed by atoms with Crippen LogP contribution in [-0.4, -0.2) is 32.7 Å². The number of benzene rings is 1.